The van der Waals surface area contributed by atoms with Crippen LogP contribution in [0.1, 0.15) is 10.6 Å². The number of sulfonamides is 1. The van der Waals surface area contributed by atoms with Crippen LogP contribution in [0.4, 0.5) is 0 Å². The Balaban J connectivity index is 1.65. The van der Waals surface area contributed by atoms with E-state index in [0.29, 0.717) is 29.5 Å². The lowest BCUT2D eigenvalue weighted by molar-refractivity contribution is 0.355. The Bertz CT molecular complexity index is 1230. The van der Waals surface area contributed by atoms with Crippen LogP contribution in [0.15, 0.2) is 41.3 Å². The van der Waals surface area contributed by atoms with E-state index in [9.17, 15) is 8.42 Å². The van der Waals surface area contributed by atoms with Crippen LogP contribution < -0.4 is 14.2 Å². The number of rotatable bonds is 6. The lowest BCUT2D eigenvalue weighted by Crippen LogP contribution is -2.35. The standard InChI is InChI=1S/C21H21ClN2O5S2/c1-27-16-6-4-13(10-18(16)29-3)21-23-15-8-9-24(12-19(15)30-21)31(25,26)20-11-14(22)5-7-17(20)28-2/h4-7,10-11H,8-9,12H2,1-3H3. The normalized spacial score (nSPS) is 14.2. The van der Waals surface area contributed by atoms with Crippen LogP contribution in [0.5, 0.6) is 17.2 Å². The van der Waals surface area contributed by atoms with Gasteiger partial charge in [0.15, 0.2) is 11.5 Å². The molecule has 2 aromatic carbocycles. The molecule has 0 saturated carbocycles. The average Bonchev–Trinajstić information content (AvgIpc) is 3.22. The monoisotopic (exact) mass is 480 g/mol. The van der Waals surface area contributed by atoms with Crippen LogP contribution in [0.2, 0.25) is 5.02 Å². The molecule has 3 aromatic rings. The highest BCUT2D eigenvalue weighted by Crippen LogP contribution is 2.38. The number of methoxy groups -OCH3 is 3. The number of fused-ring (bicyclic) bond motifs is 1. The zero-order valence-electron chi connectivity index (χ0n) is 17.2. The Morgan fingerprint density at radius 3 is 2.42 bits per heavy atom. The van der Waals surface area contributed by atoms with Crippen LogP contribution in [-0.4, -0.2) is 45.6 Å². The molecule has 1 aromatic heterocycles. The molecular weight excluding hydrogens is 460 g/mol. The quantitative estimate of drug-likeness (QED) is 0.525. The number of hydrogen-bond donors (Lipinski definition) is 0. The van der Waals surface area contributed by atoms with Gasteiger partial charge in [0.1, 0.15) is 15.7 Å². The summed E-state index contributed by atoms with van der Waals surface area (Å²) in [6, 6.07) is 10.2. The highest BCUT2D eigenvalue weighted by molar-refractivity contribution is 7.89. The van der Waals surface area contributed by atoms with E-state index < -0.39 is 10.0 Å². The van der Waals surface area contributed by atoms with Gasteiger partial charge < -0.3 is 14.2 Å². The summed E-state index contributed by atoms with van der Waals surface area (Å²) in [6.45, 7) is 0.582. The summed E-state index contributed by atoms with van der Waals surface area (Å²) < 4.78 is 44.0. The SMILES string of the molecule is COc1ccc(-c2nc3c(s2)CN(S(=O)(=O)c2cc(Cl)ccc2OC)CC3)cc1OC. The van der Waals surface area contributed by atoms with Gasteiger partial charge in [-0.1, -0.05) is 11.6 Å². The Hall–Kier alpha value is -2.33. The van der Waals surface area contributed by atoms with Crippen LogP contribution >= 0.6 is 22.9 Å². The van der Waals surface area contributed by atoms with Crippen molar-refractivity contribution < 1.29 is 22.6 Å². The second kappa shape index (κ2) is 8.66. The van der Waals surface area contributed by atoms with Gasteiger partial charge in [-0.2, -0.15) is 4.31 Å². The van der Waals surface area contributed by atoms with Crippen molar-refractivity contribution in [1.29, 1.82) is 0 Å². The van der Waals surface area contributed by atoms with Gasteiger partial charge in [-0.3, -0.25) is 0 Å². The third kappa shape index (κ3) is 4.10. The molecule has 0 radical (unpaired) electrons. The molecule has 7 nitrogen and oxygen atoms in total. The molecule has 0 bridgehead atoms. The summed E-state index contributed by atoms with van der Waals surface area (Å²) in [4.78, 5) is 5.73. The van der Waals surface area contributed by atoms with Crippen LogP contribution in [0.25, 0.3) is 10.6 Å². The minimum Gasteiger partial charge on any atom is -0.495 e. The van der Waals surface area contributed by atoms with Gasteiger partial charge in [0, 0.05) is 28.4 Å². The third-order valence-electron chi connectivity index (χ3n) is 5.07. The van der Waals surface area contributed by atoms with E-state index in [1.165, 1.54) is 28.8 Å². The van der Waals surface area contributed by atoms with Gasteiger partial charge in [-0.05, 0) is 36.4 Å². The van der Waals surface area contributed by atoms with E-state index in [1.54, 1.807) is 26.4 Å². The van der Waals surface area contributed by atoms with Crippen molar-refractivity contribution in [2.45, 2.75) is 17.9 Å². The average molecular weight is 481 g/mol. The fourth-order valence-electron chi connectivity index (χ4n) is 3.46. The number of thiazole rings is 1. The van der Waals surface area contributed by atoms with Gasteiger partial charge in [0.05, 0.1) is 33.6 Å². The van der Waals surface area contributed by atoms with Crippen molar-refractivity contribution in [3.63, 3.8) is 0 Å². The number of ether oxygens (including phenoxy) is 3. The predicted molar refractivity (Wildman–Crippen MR) is 120 cm³/mol. The molecule has 164 valence electrons. The Labute approximate surface area is 190 Å². The lowest BCUT2D eigenvalue weighted by Gasteiger charge is -2.26. The van der Waals surface area contributed by atoms with Gasteiger partial charge in [-0.25, -0.2) is 13.4 Å². The Kier molecular flexibility index (Phi) is 6.11. The van der Waals surface area contributed by atoms with E-state index in [2.05, 4.69) is 0 Å². The first-order valence-electron chi connectivity index (χ1n) is 9.42. The minimum absolute atomic E-state index is 0.0654. The van der Waals surface area contributed by atoms with Gasteiger partial charge >= 0.3 is 0 Å². The van der Waals surface area contributed by atoms with Gasteiger partial charge in [-0.15, -0.1) is 11.3 Å². The topological polar surface area (TPSA) is 78.0 Å². The molecular formula is C21H21ClN2O5S2. The molecule has 10 heteroatoms. The molecule has 31 heavy (non-hydrogen) atoms. The van der Waals surface area contributed by atoms with Crippen molar-refractivity contribution in [3.8, 4) is 27.8 Å². The molecule has 0 atom stereocenters. The fraction of sp³-hybridized carbons (Fsp3) is 0.286. The number of halogens is 1. The molecule has 0 unspecified atom stereocenters. The smallest absolute Gasteiger partial charge is 0.247 e. The first kappa shape index (κ1) is 21.9. The Morgan fingerprint density at radius 2 is 1.71 bits per heavy atom. The molecule has 0 amide bonds. The highest BCUT2D eigenvalue weighted by atomic mass is 35.5. The number of hydrogen-bond acceptors (Lipinski definition) is 7. The lowest BCUT2D eigenvalue weighted by atomic mass is 10.2. The first-order chi connectivity index (χ1) is 14.9. The zero-order valence-corrected chi connectivity index (χ0v) is 19.6. The molecule has 0 spiro atoms. The number of nitrogens with zero attached hydrogens (tertiary/aromatic N) is 2. The molecule has 0 N–H and O–H groups in total. The van der Waals surface area contributed by atoms with Crippen LogP contribution in [-0.2, 0) is 23.0 Å². The van der Waals surface area contributed by atoms with Crippen LogP contribution in [0, 0.1) is 0 Å². The molecule has 1 aliphatic heterocycles. The predicted octanol–water partition coefficient (Wildman–Crippen LogP) is 4.24. The number of benzene rings is 2. The summed E-state index contributed by atoms with van der Waals surface area (Å²) in [6.07, 6.45) is 0.529. The molecule has 4 rings (SSSR count). The summed E-state index contributed by atoms with van der Waals surface area (Å²) >= 11 is 7.53. The second-order valence-corrected chi connectivity index (χ2v) is 10.3. The Morgan fingerprint density at radius 1 is 1.00 bits per heavy atom. The molecule has 0 saturated heterocycles. The van der Waals surface area contributed by atoms with Crippen molar-refractivity contribution in [2.75, 3.05) is 27.9 Å². The maximum Gasteiger partial charge on any atom is 0.247 e. The maximum absolute atomic E-state index is 13.3. The second-order valence-electron chi connectivity index (χ2n) is 6.84. The third-order valence-corrected chi connectivity index (χ3v) is 8.30. The largest absolute Gasteiger partial charge is 0.495 e. The van der Waals surface area contributed by atoms with E-state index >= 15 is 0 Å². The molecule has 0 fully saturated rings. The zero-order chi connectivity index (χ0) is 22.2. The maximum atomic E-state index is 13.3. The summed E-state index contributed by atoms with van der Waals surface area (Å²) in [5, 5.41) is 1.15. The van der Waals surface area contributed by atoms with Crippen molar-refractivity contribution in [3.05, 3.63) is 52.0 Å². The summed E-state index contributed by atoms with van der Waals surface area (Å²) in [5.41, 5.74) is 1.81. The van der Waals surface area contributed by atoms with E-state index in [4.69, 9.17) is 30.8 Å². The van der Waals surface area contributed by atoms with Gasteiger partial charge in [0.25, 0.3) is 0 Å². The first-order valence-corrected chi connectivity index (χ1v) is 12.1. The van der Waals surface area contributed by atoms with E-state index in [0.717, 1.165) is 21.1 Å². The fourth-order valence-corrected chi connectivity index (χ4v) is 6.49. The minimum atomic E-state index is -3.78. The van der Waals surface area contributed by atoms with Crippen LogP contribution in [0.3, 0.4) is 0 Å². The molecule has 0 aliphatic carbocycles. The highest BCUT2D eigenvalue weighted by Gasteiger charge is 2.32. The van der Waals surface area contributed by atoms with Crippen molar-refractivity contribution in [1.82, 2.24) is 9.29 Å². The summed E-state index contributed by atoms with van der Waals surface area (Å²) in [5.74, 6) is 1.52. The molecule has 1 aliphatic rings. The van der Waals surface area contributed by atoms with E-state index in [-0.39, 0.29) is 17.2 Å². The summed E-state index contributed by atoms with van der Waals surface area (Å²) in [7, 11) is 0.832. The van der Waals surface area contributed by atoms with Gasteiger partial charge in [0.2, 0.25) is 10.0 Å². The number of aromatic nitrogens is 1. The van der Waals surface area contributed by atoms with E-state index in [1.807, 2.05) is 18.2 Å². The van der Waals surface area contributed by atoms with Crippen molar-refractivity contribution in [2.24, 2.45) is 0 Å². The van der Waals surface area contributed by atoms with Crippen molar-refractivity contribution >= 4 is 33.0 Å². The molecule has 2 heterocycles.